The topological polar surface area (TPSA) is 24.5 Å². The number of nitrogens with one attached hydrogen (secondary N) is 1. The molecule has 1 atom stereocenters. The highest BCUT2D eigenvalue weighted by atomic mass is 16.5. The average Bonchev–Trinajstić information content (AvgIpc) is 2.27. The maximum Gasteiger partial charge on any atom is 0.0826 e. The van der Waals surface area contributed by atoms with Gasteiger partial charge in [0.15, 0.2) is 0 Å². The van der Waals surface area contributed by atoms with Crippen molar-refractivity contribution in [2.75, 3.05) is 39.3 Å². The first-order chi connectivity index (χ1) is 8.87. The molecule has 114 valence electrons. The molecule has 0 bridgehead atoms. The normalized spacial score (nSPS) is 22.1. The molecule has 1 heterocycles. The van der Waals surface area contributed by atoms with Gasteiger partial charge in [0.2, 0.25) is 0 Å². The largest absolute Gasteiger partial charge is 0.374 e. The molecular formula is C16H34N2O. The second-order valence-electron chi connectivity index (χ2n) is 7.52. The van der Waals surface area contributed by atoms with Crippen molar-refractivity contribution in [3.63, 3.8) is 0 Å². The van der Waals surface area contributed by atoms with Crippen molar-refractivity contribution in [2.45, 2.75) is 53.6 Å². The minimum Gasteiger partial charge on any atom is -0.374 e. The lowest BCUT2D eigenvalue weighted by atomic mass is 9.97. The maximum absolute atomic E-state index is 5.85. The zero-order chi connectivity index (χ0) is 14.3. The summed E-state index contributed by atoms with van der Waals surface area (Å²) in [6.45, 7) is 17.8. The molecule has 1 fully saturated rings. The lowest BCUT2D eigenvalue weighted by Gasteiger charge is -2.33. The van der Waals surface area contributed by atoms with Crippen LogP contribution >= 0.6 is 0 Å². The Hall–Kier alpha value is -0.120. The van der Waals surface area contributed by atoms with E-state index in [-0.39, 0.29) is 0 Å². The summed E-state index contributed by atoms with van der Waals surface area (Å²) in [5.41, 5.74) is 0.353. The van der Waals surface area contributed by atoms with Crippen LogP contribution in [0.1, 0.15) is 47.5 Å². The van der Waals surface area contributed by atoms with Crippen LogP contribution in [0.2, 0.25) is 0 Å². The van der Waals surface area contributed by atoms with E-state index in [1.54, 1.807) is 0 Å². The molecule has 3 heteroatoms. The third-order valence-electron chi connectivity index (χ3n) is 3.51. The lowest BCUT2D eigenvalue weighted by Crippen LogP contribution is -2.47. The van der Waals surface area contributed by atoms with Crippen LogP contribution in [0.4, 0.5) is 0 Å². The van der Waals surface area contributed by atoms with Crippen molar-refractivity contribution in [1.29, 1.82) is 0 Å². The summed E-state index contributed by atoms with van der Waals surface area (Å²) < 4.78 is 5.85. The second kappa shape index (κ2) is 8.23. The van der Waals surface area contributed by atoms with E-state index >= 15 is 0 Å². The molecule has 1 saturated heterocycles. The van der Waals surface area contributed by atoms with Crippen molar-refractivity contribution < 1.29 is 4.74 Å². The van der Waals surface area contributed by atoms with Gasteiger partial charge in [0.25, 0.3) is 0 Å². The standard InChI is InChI=1S/C16H34N2O/c1-14(2)7-6-8-18-9-10-19-15(12-18)11-17-13-16(3,4)5/h14-15,17H,6-13H2,1-5H3/t15-/m0/s1. The van der Waals surface area contributed by atoms with Crippen LogP contribution < -0.4 is 5.32 Å². The molecule has 0 aromatic rings. The molecule has 0 aromatic heterocycles. The van der Waals surface area contributed by atoms with Gasteiger partial charge in [-0.15, -0.1) is 0 Å². The molecule has 0 aliphatic carbocycles. The second-order valence-corrected chi connectivity index (χ2v) is 7.52. The summed E-state index contributed by atoms with van der Waals surface area (Å²) >= 11 is 0. The summed E-state index contributed by atoms with van der Waals surface area (Å²) in [5.74, 6) is 0.824. The van der Waals surface area contributed by atoms with Crippen LogP contribution in [0, 0.1) is 11.3 Å². The Labute approximate surface area is 120 Å². The third-order valence-corrected chi connectivity index (χ3v) is 3.51. The van der Waals surface area contributed by atoms with E-state index in [9.17, 15) is 0 Å². The molecule has 3 nitrogen and oxygen atoms in total. The Morgan fingerprint density at radius 1 is 1.32 bits per heavy atom. The Kier molecular flexibility index (Phi) is 7.33. The average molecular weight is 270 g/mol. The minimum absolute atomic E-state index is 0.353. The van der Waals surface area contributed by atoms with Crippen LogP contribution in [-0.2, 0) is 4.74 Å². The summed E-state index contributed by atoms with van der Waals surface area (Å²) in [4.78, 5) is 2.56. The van der Waals surface area contributed by atoms with E-state index < -0.39 is 0 Å². The first-order valence-electron chi connectivity index (χ1n) is 7.91. The van der Waals surface area contributed by atoms with Gasteiger partial charge in [-0.05, 0) is 30.7 Å². The van der Waals surface area contributed by atoms with Crippen molar-refractivity contribution >= 4 is 0 Å². The van der Waals surface area contributed by atoms with Crippen molar-refractivity contribution in [3.05, 3.63) is 0 Å². The number of hydrogen-bond acceptors (Lipinski definition) is 3. The minimum atomic E-state index is 0.353. The Morgan fingerprint density at radius 3 is 2.68 bits per heavy atom. The molecule has 1 aliphatic rings. The van der Waals surface area contributed by atoms with Gasteiger partial charge >= 0.3 is 0 Å². The highest BCUT2D eigenvalue weighted by Gasteiger charge is 2.20. The molecule has 0 radical (unpaired) electrons. The zero-order valence-electron chi connectivity index (χ0n) is 13.7. The predicted octanol–water partition coefficient (Wildman–Crippen LogP) is 2.76. The molecule has 0 amide bonds. The van der Waals surface area contributed by atoms with Crippen LogP contribution in [0.3, 0.4) is 0 Å². The molecule has 1 rings (SSSR count). The van der Waals surface area contributed by atoms with E-state index in [2.05, 4.69) is 44.8 Å². The molecule has 0 saturated carbocycles. The van der Waals surface area contributed by atoms with Crippen LogP contribution in [0.25, 0.3) is 0 Å². The fraction of sp³-hybridized carbons (Fsp3) is 1.00. The molecule has 1 N–H and O–H groups in total. The quantitative estimate of drug-likeness (QED) is 0.770. The first-order valence-corrected chi connectivity index (χ1v) is 7.91. The van der Waals surface area contributed by atoms with Gasteiger partial charge in [-0.3, -0.25) is 4.90 Å². The van der Waals surface area contributed by atoms with Gasteiger partial charge in [0.1, 0.15) is 0 Å². The van der Waals surface area contributed by atoms with Crippen LogP contribution in [0.15, 0.2) is 0 Å². The highest BCUT2D eigenvalue weighted by molar-refractivity contribution is 4.75. The van der Waals surface area contributed by atoms with Crippen molar-refractivity contribution in [1.82, 2.24) is 10.2 Å². The van der Waals surface area contributed by atoms with E-state index in [4.69, 9.17) is 4.74 Å². The molecule has 0 spiro atoms. The number of ether oxygens (including phenoxy) is 1. The van der Waals surface area contributed by atoms with Crippen LogP contribution in [0.5, 0.6) is 0 Å². The summed E-state index contributed by atoms with van der Waals surface area (Å²) in [7, 11) is 0. The Bertz CT molecular complexity index is 235. The Balaban J connectivity index is 2.15. The van der Waals surface area contributed by atoms with E-state index in [0.29, 0.717) is 11.5 Å². The highest BCUT2D eigenvalue weighted by Crippen LogP contribution is 2.12. The fourth-order valence-electron chi connectivity index (χ4n) is 2.44. The monoisotopic (exact) mass is 270 g/mol. The molecule has 19 heavy (non-hydrogen) atoms. The lowest BCUT2D eigenvalue weighted by molar-refractivity contribution is -0.0281. The maximum atomic E-state index is 5.85. The zero-order valence-corrected chi connectivity index (χ0v) is 13.7. The number of nitrogens with zero attached hydrogens (tertiary/aromatic N) is 1. The van der Waals surface area contributed by atoms with E-state index in [0.717, 1.165) is 38.7 Å². The van der Waals surface area contributed by atoms with Crippen molar-refractivity contribution in [2.24, 2.45) is 11.3 Å². The van der Waals surface area contributed by atoms with Gasteiger partial charge in [-0.2, -0.15) is 0 Å². The summed E-state index contributed by atoms with van der Waals surface area (Å²) in [6, 6.07) is 0. The van der Waals surface area contributed by atoms with E-state index in [1.807, 2.05) is 0 Å². The fourth-order valence-corrected chi connectivity index (χ4v) is 2.44. The molecule has 1 aliphatic heterocycles. The van der Waals surface area contributed by atoms with Gasteiger partial charge < -0.3 is 10.1 Å². The summed E-state index contributed by atoms with van der Waals surface area (Å²) in [5, 5.41) is 3.54. The van der Waals surface area contributed by atoms with Crippen molar-refractivity contribution in [3.8, 4) is 0 Å². The third kappa shape index (κ3) is 8.61. The van der Waals surface area contributed by atoms with Gasteiger partial charge in [-0.25, -0.2) is 0 Å². The number of hydrogen-bond donors (Lipinski definition) is 1. The predicted molar refractivity (Wildman–Crippen MR) is 82.6 cm³/mol. The van der Waals surface area contributed by atoms with E-state index in [1.165, 1.54) is 19.4 Å². The summed E-state index contributed by atoms with van der Waals surface area (Å²) in [6.07, 6.45) is 3.03. The van der Waals surface area contributed by atoms with Gasteiger partial charge in [-0.1, -0.05) is 34.6 Å². The number of morpholine rings is 1. The SMILES string of the molecule is CC(C)CCCN1CCO[C@@H](CNCC(C)(C)C)C1. The molecule has 0 aromatic carbocycles. The van der Waals surface area contributed by atoms with Gasteiger partial charge in [0, 0.05) is 26.2 Å². The smallest absolute Gasteiger partial charge is 0.0826 e. The van der Waals surface area contributed by atoms with Gasteiger partial charge in [0.05, 0.1) is 12.7 Å². The number of rotatable bonds is 7. The molecular weight excluding hydrogens is 236 g/mol. The first kappa shape index (κ1) is 16.9. The Morgan fingerprint density at radius 2 is 2.05 bits per heavy atom. The molecule has 0 unspecified atom stereocenters. The van der Waals surface area contributed by atoms with Crippen LogP contribution in [-0.4, -0.2) is 50.3 Å².